The van der Waals surface area contributed by atoms with Crippen LogP contribution in [0.4, 0.5) is 5.95 Å². The summed E-state index contributed by atoms with van der Waals surface area (Å²) in [5, 5.41) is 16.6. The highest BCUT2D eigenvalue weighted by Crippen LogP contribution is 2.17. The van der Waals surface area contributed by atoms with Crippen molar-refractivity contribution in [1.29, 1.82) is 0 Å². The minimum Gasteiger partial charge on any atom is -0.392 e. The van der Waals surface area contributed by atoms with Crippen molar-refractivity contribution >= 4 is 27.5 Å². The van der Waals surface area contributed by atoms with Gasteiger partial charge >= 0.3 is 0 Å². The maximum atomic E-state index is 9.12. The van der Waals surface area contributed by atoms with Crippen molar-refractivity contribution in [3.8, 4) is 0 Å². The molecule has 0 fully saturated rings. The fourth-order valence-electron chi connectivity index (χ4n) is 1.97. The molecule has 2 heterocycles. The van der Waals surface area contributed by atoms with Gasteiger partial charge in [0.1, 0.15) is 0 Å². The second kappa shape index (κ2) is 5.60. The summed E-state index contributed by atoms with van der Waals surface area (Å²) >= 11 is 3.45. The second-order valence-electron chi connectivity index (χ2n) is 4.39. The van der Waals surface area contributed by atoms with Gasteiger partial charge < -0.3 is 10.4 Å². The predicted molar refractivity (Wildman–Crippen MR) is 80.4 cm³/mol. The summed E-state index contributed by atoms with van der Waals surface area (Å²) in [6, 6.07) is 11.6. The summed E-state index contributed by atoms with van der Waals surface area (Å²) < 4.78 is 2.62. The predicted octanol–water partition coefficient (Wildman–Crippen LogP) is 2.60. The number of nitrogens with one attached hydrogen (secondary N) is 1. The van der Waals surface area contributed by atoms with Gasteiger partial charge in [0.25, 0.3) is 0 Å². The SMILES string of the molecule is OCc1cccc(CNc2nc3c(Br)cccn3n2)c1. The molecule has 3 rings (SSSR count). The van der Waals surface area contributed by atoms with Crippen LogP contribution in [-0.2, 0) is 13.2 Å². The molecule has 20 heavy (non-hydrogen) atoms. The lowest BCUT2D eigenvalue weighted by Crippen LogP contribution is -2.01. The fourth-order valence-corrected chi connectivity index (χ4v) is 2.39. The Kier molecular flexibility index (Phi) is 3.66. The zero-order valence-corrected chi connectivity index (χ0v) is 12.2. The number of aliphatic hydroxyl groups excluding tert-OH is 1. The van der Waals surface area contributed by atoms with Gasteiger partial charge in [-0.05, 0) is 39.2 Å². The summed E-state index contributed by atoms with van der Waals surface area (Å²) in [7, 11) is 0. The zero-order valence-electron chi connectivity index (χ0n) is 10.6. The minimum absolute atomic E-state index is 0.0490. The summed E-state index contributed by atoms with van der Waals surface area (Å²) in [6.45, 7) is 0.662. The van der Waals surface area contributed by atoms with Crippen molar-refractivity contribution in [1.82, 2.24) is 14.6 Å². The Balaban J connectivity index is 1.78. The lowest BCUT2D eigenvalue weighted by atomic mass is 10.1. The van der Waals surface area contributed by atoms with Crippen molar-refractivity contribution < 1.29 is 5.11 Å². The molecule has 102 valence electrons. The third kappa shape index (κ3) is 2.66. The molecule has 0 aliphatic heterocycles. The van der Waals surface area contributed by atoms with E-state index in [1.54, 1.807) is 4.52 Å². The first-order valence-electron chi connectivity index (χ1n) is 6.20. The topological polar surface area (TPSA) is 62.5 Å². The van der Waals surface area contributed by atoms with E-state index in [0.29, 0.717) is 12.5 Å². The van der Waals surface area contributed by atoms with E-state index in [1.165, 1.54) is 0 Å². The Morgan fingerprint density at radius 1 is 1.20 bits per heavy atom. The first-order valence-corrected chi connectivity index (χ1v) is 6.99. The van der Waals surface area contributed by atoms with Crippen molar-refractivity contribution in [3.63, 3.8) is 0 Å². The van der Waals surface area contributed by atoms with E-state index in [2.05, 4.69) is 31.3 Å². The van der Waals surface area contributed by atoms with E-state index in [9.17, 15) is 0 Å². The molecule has 0 spiro atoms. The van der Waals surface area contributed by atoms with E-state index >= 15 is 0 Å². The summed E-state index contributed by atoms with van der Waals surface area (Å²) in [4.78, 5) is 4.41. The third-order valence-electron chi connectivity index (χ3n) is 2.94. The summed E-state index contributed by atoms with van der Waals surface area (Å²) in [5.41, 5.74) is 2.75. The van der Waals surface area contributed by atoms with E-state index in [-0.39, 0.29) is 6.61 Å². The molecule has 6 heteroatoms. The van der Waals surface area contributed by atoms with Crippen molar-refractivity contribution in [3.05, 3.63) is 58.2 Å². The van der Waals surface area contributed by atoms with Crippen LogP contribution in [0.3, 0.4) is 0 Å². The molecule has 0 bridgehead atoms. The normalized spacial score (nSPS) is 10.9. The van der Waals surface area contributed by atoms with Crippen LogP contribution in [0.5, 0.6) is 0 Å². The van der Waals surface area contributed by atoms with Gasteiger partial charge in [0.15, 0.2) is 5.65 Å². The van der Waals surface area contributed by atoms with Crippen LogP contribution in [-0.4, -0.2) is 19.7 Å². The highest BCUT2D eigenvalue weighted by atomic mass is 79.9. The number of benzene rings is 1. The minimum atomic E-state index is 0.0490. The molecule has 1 aromatic carbocycles. The van der Waals surface area contributed by atoms with Crippen LogP contribution in [0.1, 0.15) is 11.1 Å². The van der Waals surface area contributed by atoms with Gasteiger partial charge in [-0.3, -0.25) is 0 Å². The van der Waals surface area contributed by atoms with Crippen molar-refractivity contribution in [2.45, 2.75) is 13.2 Å². The molecule has 0 atom stereocenters. The number of nitrogens with zero attached hydrogens (tertiary/aromatic N) is 3. The third-order valence-corrected chi connectivity index (χ3v) is 3.56. The number of hydrogen-bond acceptors (Lipinski definition) is 4. The molecule has 0 saturated heterocycles. The van der Waals surface area contributed by atoms with E-state index in [1.807, 2.05) is 42.6 Å². The Morgan fingerprint density at radius 2 is 2.05 bits per heavy atom. The Bertz CT molecular complexity index is 741. The van der Waals surface area contributed by atoms with Crippen LogP contribution >= 0.6 is 15.9 Å². The number of aromatic nitrogens is 3. The molecule has 0 aliphatic carbocycles. The Hall–Kier alpha value is -1.92. The number of hydrogen-bond donors (Lipinski definition) is 2. The number of anilines is 1. The van der Waals surface area contributed by atoms with Crippen molar-refractivity contribution in [2.24, 2.45) is 0 Å². The van der Waals surface area contributed by atoms with Crippen LogP contribution < -0.4 is 5.32 Å². The van der Waals surface area contributed by atoms with E-state index < -0.39 is 0 Å². The molecule has 5 nitrogen and oxygen atoms in total. The molecule has 2 N–H and O–H groups in total. The number of rotatable bonds is 4. The monoisotopic (exact) mass is 332 g/mol. The van der Waals surface area contributed by atoms with Crippen LogP contribution in [0.2, 0.25) is 0 Å². The largest absolute Gasteiger partial charge is 0.392 e. The zero-order chi connectivity index (χ0) is 13.9. The molecule has 0 saturated carbocycles. The van der Waals surface area contributed by atoms with Gasteiger partial charge in [-0.1, -0.05) is 24.3 Å². The number of aliphatic hydroxyl groups is 1. The standard InChI is InChI=1S/C14H13BrN4O/c15-12-5-2-6-19-13(12)17-14(18-19)16-8-10-3-1-4-11(7-10)9-20/h1-7,20H,8-9H2,(H,16,18). The maximum Gasteiger partial charge on any atom is 0.243 e. The fraction of sp³-hybridized carbons (Fsp3) is 0.143. The van der Waals surface area contributed by atoms with E-state index in [0.717, 1.165) is 21.2 Å². The molecule has 3 aromatic rings. The number of halogens is 1. The lowest BCUT2D eigenvalue weighted by Gasteiger charge is -2.03. The first kappa shape index (κ1) is 13.1. The van der Waals surface area contributed by atoms with Gasteiger partial charge in [-0.15, -0.1) is 5.10 Å². The highest BCUT2D eigenvalue weighted by Gasteiger charge is 2.05. The van der Waals surface area contributed by atoms with Gasteiger partial charge in [-0.25, -0.2) is 4.52 Å². The molecule has 0 amide bonds. The van der Waals surface area contributed by atoms with Gasteiger partial charge in [0.2, 0.25) is 5.95 Å². The molecular formula is C14H13BrN4O. The lowest BCUT2D eigenvalue weighted by molar-refractivity contribution is 0.281. The highest BCUT2D eigenvalue weighted by molar-refractivity contribution is 9.10. The second-order valence-corrected chi connectivity index (χ2v) is 5.25. The Morgan fingerprint density at radius 3 is 2.85 bits per heavy atom. The van der Waals surface area contributed by atoms with Crippen LogP contribution in [0.15, 0.2) is 47.1 Å². The summed E-state index contributed by atoms with van der Waals surface area (Å²) in [6.07, 6.45) is 1.85. The molecular weight excluding hydrogens is 320 g/mol. The van der Waals surface area contributed by atoms with Crippen LogP contribution in [0, 0.1) is 0 Å². The number of fused-ring (bicyclic) bond motifs is 1. The molecule has 0 aliphatic rings. The maximum absolute atomic E-state index is 9.12. The Labute approximate surface area is 124 Å². The van der Waals surface area contributed by atoms with Gasteiger partial charge in [0, 0.05) is 12.7 Å². The van der Waals surface area contributed by atoms with Gasteiger partial charge in [-0.2, -0.15) is 4.98 Å². The molecule has 0 radical (unpaired) electrons. The molecule has 0 unspecified atom stereocenters. The van der Waals surface area contributed by atoms with Crippen molar-refractivity contribution in [2.75, 3.05) is 5.32 Å². The first-order chi connectivity index (χ1) is 9.76. The van der Waals surface area contributed by atoms with Crippen LogP contribution in [0.25, 0.3) is 5.65 Å². The smallest absolute Gasteiger partial charge is 0.243 e. The quantitative estimate of drug-likeness (QED) is 0.770. The van der Waals surface area contributed by atoms with E-state index in [4.69, 9.17) is 5.11 Å². The molecule has 2 aromatic heterocycles. The number of pyridine rings is 1. The average molecular weight is 333 g/mol. The summed E-state index contributed by atoms with van der Waals surface area (Å²) in [5.74, 6) is 0.575. The average Bonchev–Trinajstić information content (AvgIpc) is 2.90. The van der Waals surface area contributed by atoms with Gasteiger partial charge in [0.05, 0.1) is 11.1 Å².